The van der Waals surface area contributed by atoms with Gasteiger partial charge in [0, 0.05) is 29.5 Å². The van der Waals surface area contributed by atoms with Crippen LogP contribution in [0.4, 0.5) is 4.79 Å². The Morgan fingerprint density at radius 2 is 1.66 bits per heavy atom. The Labute approximate surface area is 358 Å². The van der Waals surface area contributed by atoms with E-state index >= 15 is 0 Å². The number of likely N-dealkylation sites (tertiary alicyclic amines) is 1. The van der Waals surface area contributed by atoms with E-state index in [1.165, 1.54) is 24.0 Å². The zero-order chi connectivity index (χ0) is 44.9. The Morgan fingerprint density at radius 3 is 2.28 bits per heavy atom. The lowest BCUT2D eigenvalue weighted by Crippen LogP contribution is -2.62. The summed E-state index contributed by atoms with van der Waals surface area (Å²) in [6, 6.07) is 20.4. The van der Waals surface area contributed by atoms with E-state index in [9.17, 15) is 27.6 Å². The fourth-order valence-corrected chi connectivity index (χ4v) is 8.19. The molecule has 4 aromatic rings. The van der Waals surface area contributed by atoms with Gasteiger partial charge in [0.15, 0.2) is 0 Å². The summed E-state index contributed by atoms with van der Waals surface area (Å²) in [6.45, 7) is 17.3. The van der Waals surface area contributed by atoms with Crippen LogP contribution in [0.2, 0.25) is 0 Å². The molecule has 5 rings (SSSR count). The Morgan fingerprint density at radius 1 is 0.951 bits per heavy atom. The number of alkyl carbamates (subject to hydrolysis) is 1. The van der Waals surface area contributed by atoms with Crippen molar-refractivity contribution in [3.8, 4) is 22.8 Å². The van der Waals surface area contributed by atoms with Crippen LogP contribution >= 0.6 is 0 Å². The minimum absolute atomic E-state index is 0.0163. The molecule has 4 atom stereocenters. The number of aromatic nitrogens is 1. The predicted octanol–water partition coefficient (Wildman–Crippen LogP) is 6.85. The van der Waals surface area contributed by atoms with E-state index in [1.54, 1.807) is 92.0 Å². The lowest BCUT2D eigenvalue weighted by molar-refractivity contribution is -0.143. The van der Waals surface area contributed by atoms with Crippen LogP contribution < -0.4 is 24.8 Å². The number of carbonyl (C=O) groups is 4. The third-order valence-electron chi connectivity index (χ3n) is 10.2. The van der Waals surface area contributed by atoms with Crippen molar-refractivity contribution in [2.24, 2.45) is 5.41 Å². The molecule has 1 fully saturated rings. The predicted molar refractivity (Wildman–Crippen MR) is 233 cm³/mol. The lowest BCUT2D eigenvalue weighted by Gasteiger charge is -2.36. The van der Waals surface area contributed by atoms with E-state index < -0.39 is 68.6 Å². The summed E-state index contributed by atoms with van der Waals surface area (Å²) in [5.74, 6) is -1.25. The molecule has 0 aliphatic carbocycles. The van der Waals surface area contributed by atoms with Gasteiger partial charge in [0.2, 0.25) is 11.8 Å². The van der Waals surface area contributed by atoms with Gasteiger partial charge in [-0.1, -0.05) is 69.3 Å². The molecule has 4 amide bonds. The highest BCUT2D eigenvalue weighted by atomic mass is 32.2. The van der Waals surface area contributed by atoms with E-state index in [0.717, 1.165) is 5.56 Å². The second-order valence-electron chi connectivity index (χ2n) is 17.6. The van der Waals surface area contributed by atoms with Gasteiger partial charge in [-0.05, 0) is 82.7 Å². The number of ether oxygens (including phenoxy) is 3. The minimum Gasteiger partial charge on any atom is -0.497 e. The van der Waals surface area contributed by atoms with Gasteiger partial charge in [-0.2, -0.15) is 0 Å². The van der Waals surface area contributed by atoms with Gasteiger partial charge >= 0.3 is 6.09 Å². The molecule has 61 heavy (non-hydrogen) atoms. The largest absolute Gasteiger partial charge is 0.497 e. The van der Waals surface area contributed by atoms with Gasteiger partial charge in [0.1, 0.15) is 40.8 Å². The second kappa shape index (κ2) is 18.3. The smallest absolute Gasteiger partial charge is 0.408 e. The topological polar surface area (TPSA) is 182 Å². The monoisotopic (exact) mass is 855 g/mol. The SMILES string of the molecule is C=CCCC(C)(NC(=O)C1CC(Oc2cc(-c3ccccc3)nc3cc(OC)ccc23)CN1C(=O)C(NC(=O)OC(C)(C)C)C(C)(C)C)C(=O)NS(=O)(=O)c1cccc(C)c1. The number of benzene rings is 3. The van der Waals surface area contributed by atoms with Gasteiger partial charge in [-0.3, -0.25) is 14.4 Å². The van der Waals surface area contributed by atoms with Crippen LogP contribution in [0.25, 0.3) is 22.2 Å². The number of aryl methyl sites for hydroxylation is 1. The quantitative estimate of drug-likeness (QED) is 0.114. The number of amides is 4. The number of rotatable bonds is 14. The maximum atomic E-state index is 14.8. The molecule has 4 unspecified atom stereocenters. The number of pyridine rings is 1. The van der Waals surface area contributed by atoms with Crippen molar-refractivity contribution in [3.05, 3.63) is 97.1 Å². The molecule has 0 spiro atoms. The van der Waals surface area contributed by atoms with Gasteiger partial charge in [-0.25, -0.2) is 22.9 Å². The second-order valence-corrected chi connectivity index (χ2v) is 19.3. The van der Waals surface area contributed by atoms with Crippen molar-refractivity contribution in [1.82, 2.24) is 25.2 Å². The van der Waals surface area contributed by atoms with Crippen LogP contribution in [0.3, 0.4) is 0 Å². The lowest BCUT2D eigenvalue weighted by atomic mass is 9.85. The summed E-state index contributed by atoms with van der Waals surface area (Å²) in [5.41, 5.74) is -0.776. The van der Waals surface area contributed by atoms with Crippen molar-refractivity contribution in [2.45, 2.75) is 109 Å². The molecular formula is C46H57N5O9S. The highest BCUT2D eigenvalue weighted by molar-refractivity contribution is 7.90. The van der Waals surface area contributed by atoms with Gasteiger partial charge in [-0.15, -0.1) is 6.58 Å². The van der Waals surface area contributed by atoms with E-state index in [0.29, 0.717) is 33.7 Å². The molecule has 2 heterocycles. The number of fused-ring (bicyclic) bond motifs is 1. The van der Waals surface area contributed by atoms with Crippen molar-refractivity contribution >= 4 is 44.7 Å². The van der Waals surface area contributed by atoms with Crippen LogP contribution in [0.15, 0.2) is 96.4 Å². The molecule has 1 aliphatic rings. The fourth-order valence-electron chi connectivity index (χ4n) is 7.01. The summed E-state index contributed by atoms with van der Waals surface area (Å²) < 4.78 is 46.7. The number of methoxy groups -OCH3 is 1. The maximum absolute atomic E-state index is 14.8. The van der Waals surface area contributed by atoms with Crippen LogP contribution in [0.1, 0.15) is 73.3 Å². The number of nitrogens with zero attached hydrogens (tertiary/aromatic N) is 2. The van der Waals surface area contributed by atoms with Crippen LogP contribution in [0, 0.1) is 12.3 Å². The maximum Gasteiger partial charge on any atom is 0.408 e. The fraction of sp³-hybridized carbons (Fsp3) is 0.413. The van der Waals surface area contributed by atoms with E-state index in [-0.39, 0.29) is 30.7 Å². The number of hydrogen-bond acceptors (Lipinski definition) is 10. The molecule has 3 aromatic carbocycles. The molecule has 0 radical (unpaired) electrons. The van der Waals surface area contributed by atoms with Crippen LogP contribution in [0.5, 0.6) is 11.5 Å². The normalized spacial score (nSPS) is 17.1. The third-order valence-corrected chi connectivity index (χ3v) is 11.6. The Balaban J connectivity index is 1.54. The first kappa shape index (κ1) is 46.1. The molecule has 0 saturated carbocycles. The van der Waals surface area contributed by atoms with Crippen molar-refractivity contribution in [3.63, 3.8) is 0 Å². The summed E-state index contributed by atoms with van der Waals surface area (Å²) in [7, 11) is -2.78. The van der Waals surface area contributed by atoms with Crippen molar-refractivity contribution in [2.75, 3.05) is 13.7 Å². The van der Waals surface area contributed by atoms with Crippen LogP contribution in [-0.2, 0) is 29.1 Å². The Bertz CT molecular complexity index is 2390. The average molecular weight is 856 g/mol. The van der Waals surface area contributed by atoms with E-state index in [4.69, 9.17) is 19.2 Å². The molecule has 14 nitrogen and oxygen atoms in total. The number of sulfonamides is 1. The number of carbonyl (C=O) groups excluding carboxylic acids is 4. The molecular weight excluding hydrogens is 799 g/mol. The zero-order valence-corrected chi connectivity index (χ0v) is 37.1. The zero-order valence-electron chi connectivity index (χ0n) is 36.3. The van der Waals surface area contributed by atoms with Crippen LogP contribution in [-0.4, -0.2) is 85.1 Å². The standard InChI is InChI=1S/C46H57N5O9S/c1-11-12-23-46(9,42(54)50-61(56,57)33-20-16-17-29(2)24-33)49-40(52)37-26-32(28-51(37)41(53)39(44(3,4)5)48-43(55)60-45(6,7)8)59-38-27-35(30-18-14-13-15-19-30)47-36-25-31(58-10)21-22-34(36)38/h11,13-22,24-25,27,32,37,39H,1,12,23,26,28H2,2-10H3,(H,48,55)(H,49,52)(H,50,54). The first-order valence-corrected chi connectivity index (χ1v) is 21.6. The number of hydrogen-bond donors (Lipinski definition) is 3. The molecule has 3 N–H and O–H groups in total. The molecule has 1 aromatic heterocycles. The molecule has 1 aliphatic heterocycles. The van der Waals surface area contributed by atoms with Gasteiger partial charge in [0.05, 0.1) is 29.8 Å². The van der Waals surface area contributed by atoms with Crippen molar-refractivity contribution in [1.29, 1.82) is 0 Å². The number of allylic oxidation sites excluding steroid dienone is 1. The summed E-state index contributed by atoms with van der Waals surface area (Å²) >= 11 is 0. The Hall–Kier alpha value is -5.96. The van der Waals surface area contributed by atoms with Gasteiger partial charge in [0.25, 0.3) is 15.9 Å². The molecule has 0 bridgehead atoms. The third kappa shape index (κ3) is 11.5. The first-order valence-electron chi connectivity index (χ1n) is 20.1. The molecule has 326 valence electrons. The summed E-state index contributed by atoms with van der Waals surface area (Å²) in [5, 5.41) is 6.19. The summed E-state index contributed by atoms with van der Waals surface area (Å²) in [6.07, 6.45) is 0.164. The molecule has 15 heteroatoms. The number of nitrogens with one attached hydrogen (secondary N) is 3. The van der Waals surface area contributed by atoms with Crippen molar-refractivity contribution < 1.29 is 41.8 Å². The summed E-state index contributed by atoms with van der Waals surface area (Å²) in [4.78, 5) is 62.7. The highest BCUT2D eigenvalue weighted by Gasteiger charge is 2.48. The molecule has 1 saturated heterocycles. The first-order chi connectivity index (χ1) is 28.5. The minimum atomic E-state index is -4.34. The Kier molecular flexibility index (Phi) is 13.9. The highest BCUT2D eigenvalue weighted by Crippen LogP contribution is 2.35. The average Bonchev–Trinajstić information content (AvgIpc) is 3.61. The van der Waals surface area contributed by atoms with E-state index in [1.807, 2.05) is 36.4 Å². The van der Waals surface area contributed by atoms with Gasteiger partial charge < -0.3 is 29.7 Å². The van der Waals surface area contributed by atoms with E-state index in [2.05, 4.69) is 21.9 Å².